The minimum Gasteiger partial charge on any atom is -0.431 e. The van der Waals surface area contributed by atoms with Gasteiger partial charge >= 0.3 is 6.09 Å². The number of nitrogens with zero attached hydrogens (tertiary/aromatic N) is 1. The third-order valence-corrected chi connectivity index (χ3v) is 7.96. The molecule has 10 nitrogen and oxygen atoms in total. The van der Waals surface area contributed by atoms with E-state index < -0.39 is 42.2 Å². The normalized spacial score (nSPS) is 17.6. The third kappa shape index (κ3) is 10.0. The van der Waals surface area contributed by atoms with Crippen molar-refractivity contribution in [2.75, 3.05) is 0 Å². The van der Waals surface area contributed by atoms with Crippen molar-refractivity contribution in [3.8, 4) is 0 Å². The number of hydrogen-bond acceptors (Lipinski definition) is 6. The molecule has 5 atom stereocenters. The number of nitrogens with one attached hydrogen (secondary N) is 3. The number of allylic oxidation sites excluding steroid dienone is 1. The summed E-state index contributed by atoms with van der Waals surface area (Å²) in [5.41, 5.74) is 6.31. The molecule has 0 aliphatic heterocycles. The van der Waals surface area contributed by atoms with Gasteiger partial charge in [-0.15, -0.1) is 6.58 Å². The Hall–Kier alpha value is -3.66. The maximum atomic E-state index is 13.8. The van der Waals surface area contributed by atoms with Gasteiger partial charge in [0.15, 0.2) is 0 Å². The standard InChI is InChI=1S/C31H45N5O5/c1-4-22(20(2)3)16-27(37)25(15-21-11-7-5-8-12-21)35-29(38)26(17-24-18-33-19-34-24)36-30(39)28(41-31(32)40)23-13-9-6-10-14-23/h4,6,9-10,13-14,18-22,25-28,37H,1,5,7-8,11-12,15-17H2,2-3H3,(H2,32,40)(H,33,34)(H,35,38)(H,36,39)/t22-,25-,26-,27-,28-/m0/s1. The van der Waals surface area contributed by atoms with E-state index in [1.807, 2.05) is 6.08 Å². The summed E-state index contributed by atoms with van der Waals surface area (Å²) < 4.78 is 5.14. The van der Waals surface area contributed by atoms with Crippen LogP contribution in [0.15, 0.2) is 55.5 Å². The summed E-state index contributed by atoms with van der Waals surface area (Å²) in [4.78, 5) is 45.8. The molecule has 1 saturated carbocycles. The lowest BCUT2D eigenvalue weighted by Gasteiger charge is -2.33. The van der Waals surface area contributed by atoms with Crippen molar-refractivity contribution in [3.05, 3.63) is 66.8 Å². The number of aromatic nitrogens is 2. The fourth-order valence-electron chi connectivity index (χ4n) is 5.55. The molecule has 1 aliphatic rings. The molecule has 1 aliphatic carbocycles. The molecule has 1 fully saturated rings. The molecule has 3 amide bonds. The highest BCUT2D eigenvalue weighted by atomic mass is 16.6. The van der Waals surface area contributed by atoms with Gasteiger partial charge in [0.1, 0.15) is 6.04 Å². The van der Waals surface area contributed by atoms with Crippen LogP contribution >= 0.6 is 0 Å². The summed E-state index contributed by atoms with van der Waals surface area (Å²) in [5.74, 6) is -0.351. The molecular formula is C31H45N5O5. The molecule has 0 spiro atoms. The summed E-state index contributed by atoms with van der Waals surface area (Å²) in [6.45, 7) is 8.10. The first-order chi connectivity index (χ1) is 19.7. The Morgan fingerprint density at radius 1 is 1.15 bits per heavy atom. The first-order valence-electron chi connectivity index (χ1n) is 14.6. The molecule has 2 aromatic rings. The Kier molecular flexibility index (Phi) is 12.4. The van der Waals surface area contributed by atoms with E-state index in [1.54, 1.807) is 36.5 Å². The van der Waals surface area contributed by atoms with Crippen LogP contribution in [0.2, 0.25) is 0 Å². The lowest BCUT2D eigenvalue weighted by atomic mass is 9.81. The minimum absolute atomic E-state index is 0.0915. The van der Waals surface area contributed by atoms with Crippen LogP contribution in [0.5, 0.6) is 0 Å². The van der Waals surface area contributed by atoms with Gasteiger partial charge < -0.3 is 31.2 Å². The Morgan fingerprint density at radius 2 is 1.85 bits per heavy atom. The summed E-state index contributed by atoms with van der Waals surface area (Å²) in [6.07, 6.45) is 8.53. The van der Waals surface area contributed by atoms with E-state index in [2.05, 4.69) is 41.0 Å². The maximum absolute atomic E-state index is 13.8. The number of aliphatic hydroxyl groups excluding tert-OH is 1. The number of H-pyrrole nitrogens is 1. The predicted octanol–water partition coefficient (Wildman–Crippen LogP) is 3.94. The number of aliphatic hydroxyl groups is 1. The van der Waals surface area contributed by atoms with Crippen LogP contribution in [0.4, 0.5) is 4.79 Å². The minimum atomic E-state index is -1.34. The highest BCUT2D eigenvalue weighted by Gasteiger charge is 2.33. The van der Waals surface area contributed by atoms with E-state index in [9.17, 15) is 19.5 Å². The van der Waals surface area contributed by atoms with Crippen molar-refractivity contribution in [3.63, 3.8) is 0 Å². The van der Waals surface area contributed by atoms with E-state index in [1.165, 1.54) is 12.7 Å². The molecule has 41 heavy (non-hydrogen) atoms. The second kappa shape index (κ2) is 16.0. The van der Waals surface area contributed by atoms with Gasteiger partial charge in [-0.05, 0) is 30.6 Å². The van der Waals surface area contributed by atoms with Crippen LogP contribution < -0.4 is 16.4 Å². The van der Waals surface area contributed by atoms with Gasteiger partial charge in [0.05, 0.1) is 18.5 Å². The van der Waals surface area contributed by atoms with Gasteiger partial charge in [-0.3, -0.25) is 9.59 Å². The van der Waals surface area contributed by atoms with E-state index in [4.69, 9.17) is 10.5 Å². The van der Waals surface area contributed by atoms with E-state index in [-0.39, 0.29) is 12.3 Å². The van der Waals surface area contributed by atoms with Gasteiger partial charge in [0.25, 0.3) is 5.91 Å². The number of amides is 3. The first kappa shape index (κ1) is 31.9. The fraction of sp³-hybridized carbons (Fsp3) is 0.548. The van der Waals surface area contributed by atoms with Crippen molar-refractivity contribution in [2.45, 2.75) is 89.5 Å². The highest BCUT2D eigenvalue weighted by Crippen LogP contribution is 2.30. The van der Waals surface area contributed by atoms with Crippen molar-refractivity contribution in [1.82, 2.24) is 20.6 Å². The molecule has 0 radical (unpaired) electrons. The lowest BCUT2D eigenvalue weighted by molar-refractivity contribution is -0.135. The van der Waals surface area contributed by atoms with Gasteiger partial charge in [0, 0.05) is 23.9 Å². The molecule has 0 saturated heterocycles. The van der Waals surface area contributed by atoms with Crippen molar-refractivity contribution in [2.24, 2.45) is 23.5 Å². The number of imidazole rings is 1. The monoisotopic (exact) mass is 567 g/mol. The van der Waals surface area contributed by atoms with Crippen LogP contribution in [0.1, 0.15) is 76.2 Å². The summed E-state index contributed by atoms with van der Waals surface area (Å²) >= 11 is 0. The summed E-state index contributed by atoms with van der Waals surface area (Å²) in [5, 5.41) is 17.2. The van der Waals surface area contributed by atoms with E-state index in [0.717, 1.165) is 25.7 Å². The van der Waals surface area contributed by atoms with Gasteiger partial charge in [-0.1, -0.05) is 82.4 Å². The largest absolute Gasteiger partial charge is 0.431 e. The number of carbonyl (C=O) groups is 3. The van der Waals surface area contributed by atoms with Crippen molar-refractivity contribution in [1.29, 1.82) is 0 Å². The molecule has 224 valence electrons. The zero-order valence-electron chi connectivity index (χ0n) is 24.1. The smallest absolute Gasteiger partial charge is 0.405 e. The molecule has 1 aromatic heterocycles. The number of rotatable bonds is 15. The molecular weight excluding hydrogens is 522 g/mol. The number of aromatic amines is 1. The third-order valence-electron chi connectivity index (χ3n) is 7.96. The van der Waals surface area contributed by atoms with E-state index in [0.29, 0.717) is 35.9 Å². The SMILES string of the molecule is C=C[C@@H](C[C@H](O)[C@H](CC1CCCCC1)NC(=O)[C@H](Cc1cnc[nH]1)NC(=O)[C@@H](OC(N)=O)c1ccccc1)C(C)C. The zero-order chi connectivity index (χ0) is 29.8. The summed E-state index contributed by atoms with van der Waals surface area (Å²) in [6, 6.07) is 6.92. The van der Waals surface area contributed by atoms with Crippen LogP contribution in [-0.2, 0) is 20.7 Å². The lowest BCUT2D eigenvalue weighted by Crippen LogP contribution is -2.55. The quantitative estimate of drug-likeness (QED) is 0.205. The molecule has 10 heteroatoms. The highest BCUT2D eigenvalue weighted by molar-refractivity contribution is 5.91. The Morgan fingerprint density at radius 3 is 2.44 bits per heavy atom. The van der Waals surface area contributed by atoms with Crippen molar-refractivity contribution >= 4 is 17.9 Å². The zero-order valence-corrected chi connectivity index (χ0v) is 24.1. The summed E-state index contributed by atoms with van der Waals surface area (Å²) in [7, 11) is 0. The number of hydrogen-bond donors (Lipinski definition) is 5. The average Bonchev–Trinajstić information content (AvgIpc) is 3.47. The second-order valence-corrected chi connectivity index (χ2v) is 11.4. The Labute approximate surface area is 242 Å². The van der Waals surface area contributed by atoms with Crippen LogP contribution in [0, 0.1) is 17.8 Å². The first-order valence-corrected chi connectivity index (χ1v) is 14.6. The topological polar surface area (TPSA) is 159 Å². The molecule has 1 heterocycles. The fourth-order valence-corrected chi connectivity index (χ4v) is 5.55. The van der Waals surface area contributed by atoms with Crippen LogP contribution in [-0.4, -0.2) is 51.2 Å². The predicted molar refractivity (Wildman–Crippen MR) is 156 cm³/mol. The molecule has 1 aromatic carbocycles. The second-order valence-electron chi connectivity index (χ2n) is 11.4. The van der Waals surface area contributed by atoms with Crippen LogP contribution in [0.3, 0.4) is 0 Å². The Bertz CT molecular complexity index is 1100. The van der Waals surface area contributed by atoms with Crippen LogP contribution in [0.25, 0.3) is 0 Å². The maximum Gasteiger partial charge on any atom is 0.405 e. The number of benzene rings is 1. The molecule has 6 N–H and O–H groups in total. The number of primary amides is 1. The number of ether oxygens (including phenoxy) is 1. The van der Waals surface area contributed by atoms with Crippen molar-refractivity contribution < 1.29 is 24.2 Å². The number of carbonyl (C=O) groups excluding carboxylic acids is 3. The Balaban J connectivity index is 1.83. The molecule has 3 rings (SSSR count). The molecule has 0 unspecified atom stereocenters. The van der Waals surface area contributed by atoms with Gasteiger partial charge in [-0.2, -0.15) is 0 Å². The van der Waals surface area contributed by atoms with Gasteiger partial charge in [0.2, 0.25) is 12.0 Å². The van der Waals surface area contributed by atoms with E-state index >= 15 is 0 Å². The average molecular weight is 568 g/mol. The molecule has 0 bridgehead atoms. The van der Waals surface area contributed by atoms with Gasteiger partial charge in [-0.25, -0.2) is 9.78 Å². The number of nitrogens with two attached hydrogens (primary N) is 1.